The van der Waals surface area contributed by atoms with Crippen molar-refractivity contribution in [1.82, 2.24) is 0 Å². The minimum absolute atomic E-state index is 0.316. The van der Waals surface area contributed by atoms with E-state index in [1.807, 2.05) is 13.8 Å². The second-order valence-electron chi connectivity index (χ2n) is 4.37. The summed E-state index contributed by atoms with van der Waals surface area (Å²) < 4.78 is 10.9. The largest absolute Gasteiger partial charge is 0.394 e. The molecular weight excluding hydrogens is 268 g/mol. The quantitative estimate of drug-likeness (QED) is 0.431. The maximum absolute atomic E-state index is 9.79. The van der Waals surface area contributed by atoms with E-state index in [1.165, 1.54) is 0 Å². The van der Waals surface area contributed by atoms with Gasteiger partial charge in [-0.3, -0.25) is 0 Å². The smallest absolute Gasteiger partial charge is 0.163 e. The highest BCUT2D eigenvalue weighted by Crippen LogP contribution is 2.26. The third-order valence-corrected chi connectivity index (χ3v) is 3.34. The molecule has 0 aromatic carbocycles. The molecule has 0 spiro atoms. The van der Waals surface area contributed by atoms with Crippen molar-refractivity contribution in [3.05, 3.63) is 0 Å². The van der Waals surface area contributed by atoms with E-state index in [4.69, 9.17) is 14.6 Å². The Morgan fingerprint density at radius 1 is 1.16 bits per heavy atom. The molecule has 0 saturated carbocycles. The normalized spacial score (nSPS) is 34.6. The average Bonchev–Trinajstić information content (AvgIpc) is 2.45. The molecule has 1 aliphatic rings. The highest BCUT2D eigenvalue weighted by Gasteiger charge is 2.42. The third-order valence-electron chi connectivity index (χ3n) is 3.02. The fourth-order valence-corrected chi connectivity index (χ4v) is 2.05. The molecule has 5 unspecified atom stereocenters. The summed E-state index contributed by atoms with van der Waals surface area (Å²) in [6, 6.07) is 0. The molecule has 5 atom stereocenters. The number of ether oxygens (including phenoxy) is 2. The van der Waals surface area contributed by atoms with Gasteiger partial charge in [0.2, 0.25) is 0 Å². The summed E-state index contributed by atoms with van der Waals surface area (Å²) >= 11 is 4.10. The molecule has 0 bridgehead atoms. The second kappa shape index (κ2) is 10.9. The van der Waals surface area contributed by atoms with Gasteiger partial charge >= 0.3 is 0 Å². The van der Waals surface area contributed by atoms with E-state index in [0.717, 1.165) is 18.6 Å². The van der Waals surface area contributed by atoms with Crippen LogP contribution in [0, 0.1) is 5.92 Å². The topological polar surface area (TPSA) is 79.2 Å². The van der Waals surface area contributed by atoms with E-state index in [2.05, 4.69) is 12.6 Å². The van der Waals surface area contributed by atoms with Crippen molar-refractivity contribution < 1.29 is 24.8 Å². The van der Waals surface area contributed by atoms with Gasteiger partial charge in [0.15, 0.2) is 6.29 Å². The molecule has 19 heavy (non-hydrogen) atoms. The van der Waals surface area contributed by atoms with Crippen LogP contribution in [0.5, 0.6) is 0 Å². The molecule has 0 amide bonds. The SMILES string of the molecule is CC.CC1C(OCCCCS)OC(CO)C(O)C1O. The van der Waals surface area contributed by atoms with E-state index in [0.29, 0.717) is 6.61 Å². The summed E-state index contributed by atoms with van der Waals surface area (Å²) in [5.74, 6) is 0.495. The predicted octanol–water partition coefficient (Wildman–Crippen LogP) is 0.814. The number of unbranched alkanes of at least 4 members (excludes halogenated alkanes) is 1. The molecular formula is C13H28O5S. The molecule has 6 heteroatoms. The Morgan fingerprint density at radius 2 is 1.79 bits per heavy atom. The Hall–Kier alpha value is 0.150. The molecule has 0 radical (unpaired) electrons. The van der Waals surface area contributed by atoms with Crippen molar-refractivity contribution in [3.8, 4) is 0 Å². The summed E-state index contributed by atoms with van der Waals surface area (Å²) in [5.41, 5.74) is 0. The number of hydrogen-bond acceptors (Lipinski definition) is 6. The van der Waals surface area contributed by atoms with Gasteiger partial charge in [-0.15, -0.1) is 0 Å². The monoisotopic (exact) mass is 296 g/mol. The van der Waals surface area contributed by atoms with Crippen molar-refractivity contribution in [3.63, 3.8) is 0 Å². The lowest BCUT2D eigenvalue weighted by Crippen LogP contribution is -2.55. The lowest BCUT2D eigenvalue weighted by atomic mass is 9.92. The molecule has 0 aromatic rings. The van der Waals surface area contributed by atoms with Crippen LogP contribution in [0.25, 0.3) is 0 Å². The number of aliphatic hydroxyl groups excluding tert-OH is 3. The van der Waals surface area contributed by atoms with Crippen molar-refractivity contribution in [2.45, 2.75) is 58.2 Å². The highest BCUT2D eigenvalue weighted by atomic mass is 32.1. The number of rotatable bonds is 6. The second-order valence-corrected chi connectivity index (χ2v) is 4.81. The summed E-state index contributed by atoms with van der Waals surface area (Å²) in [7, 11) is 0. The van der Waals surface area contributed by atoms with Crippen LogP contribution >= 0.6 is 12.6 Å². The first-order valence-corrected chi connectivity index (χ1v) is 7.60. The van der Waals surface area contributed by atoms with Crippen LogP contribution in [0.4, 0.5) is 0 Å². The minimum atomic E-state index is -1.06. The Kier molecular flexibility index (Phi) is 11.0. The molecule has 116 valence electrons. The van der Waals surface area contributed by atoms with E-state index in [1.54, 1.807) is 6.92 Å². The van der Waals surface area contributed by atoms with Crippen LogP contribution in [-0.4, -0.2) is 58.9 Å². The minimum Gasteiger partial charge on any atom is -0.394 e. The number of hydrogen-bond donors (Lipinski definition) is 4. The maximum Gasteiger partial charge on any atom is 0.163 e. The van der Waals surface area contributed by atoms with Crippen LogP contribution in [0.3, 0.4) is 0 Å². The maximum atomic E-state index is 9.79. The lowest BCUT2D eigenvalue weighted by Gasteiger charge is -2.40. The molecule has 5 nitrogen and oxygen atoms in total. The van der Waals surface area contributed by atoms with E-state index >= 15 is 0 Å². The van der Waals surface area contributed by atoms with Gasteiger partial charge < -0.3 is 24.8 Å². The first-order valence-electron chi connectivity index (χ1n) is 6.96. The molecule has 1 fully saturated rings. The molecule has 1 saturated heterocycles. The van der Waals surface area contributed by atoms with Crippen molar-refractivity contribution in [2.75, 3.05) is 19.0 Å². The van der Waals surface area contributed by atoms with E-state index in [-0.39, 0.29) is 12.5 Å². The van der Waals surface area contributed by atoms with Gasteiger partial charge in [0, 0.05) is 12.5 Å². The summed E-state index contributed by atoms with van der Waals surface area (Å²) in [6.45, 7) is 5.95. The zero-order valence-electron chi connectivity index (χ0n) is 12.0. The molecule has 3 N–H and O–H groups in total. The zero-order chi connectivity index (χ0) is 14.8. The van der Waals surface area contributed by atoms with Gasteiger partial charge in [0.25, 0.3) is 0 Å². The van der Waals surface area contributed by atoms with Gasteiger partial charge in [-0.2, -0.15) is 12.6 Å². The Balaban J connectivity index is 0.00000154. The predicted molar refractivity (Wildman–Crippen MR) is 77.3 cm³/mol. The average molecular weight is 296 g/mol. The van der Waals surface area contributed by atoms with Gasteiger partial charge in [-0.05, 0) is 18.6 Å². The van der Waals surface area contributed by atoms with Crippen LogP contribution < -0.4 is 0 Å². The molecule has 1 heterocycles. The van der Waals surface area contributed by atoms with E-state index < -0.39 is 24.6 Å². The van der Waals surface area contributed by atoms with Gasteiger partial charge in [0.1, 0.15) is 12.2 Å². The summed E-state index contributed by atoms with van der Waals surface area (Å²) in [6.07, 6.45) is -1.53. The summed E-state index contributed by atoms with van der Waals surface area (Å²) in [5, 5.41) is 28.5. The van der Waals surface area contributed by atoms with Crippen LogP contribution in [0.15, 0.2) is 0 Å². The molecule has 1 rings (SSSR count). The van der Waals surface area contributed by atoms with Crippen molar-refractivity contribution >= 4 is 12.6 Å². The summed E-state index contributed by atoms with van der Waals surface area (Å²) in [4.78, 5) is 0. The van der Waals surface area contributed by atoms with Crippen molar-refractivity contribution in [2.24, 2.45) is 5.92 Å². The number of aliphatic hydroxyl groups is 3. The first kappa shape index (κ1) is 19.1. The van der Waals surface area contributed by atoms with Gasteiger partial charge in [-0.25, -0.2) is 0 Å². The van der Waals surface area contributed by atoms with E-state index in [9.17, 15) is 10.2 Å². The third kappa shape index (κ3) is 5.97. The molecule has 0 aromatic heterocycles. The van der Waals surface area contributed by atoms with Gasteiger partial charge in [-0.1, -0.05) is 20.8 Å². The lowest BCUT2D eigenvalue weighted by molar-refractivity contribution is -0.282. The fourth-order valence-electron chi connectivity index (χ4n) is 1.82. The standard InChI is InChI=1S/C11H22O5S.C2H6/c1-7-9(13)10(14)8(6-12)16-11(7)15-4-2-3-5-17;1-2/h7-14,17H,2-6H2,1H3;1-2H3. The van der Waals surface area contributed by atoms with Crippen LogP contribution in [-0.2, 0) is 9.47 Å². The van der Waals surface area contributed by atoms with Gasteiger partial charge in [0.05, 0.1) is 12.7 Å². The van der Waals surface area contributed by atoms with Crippen molar-refractivity contribution in [1.29, 1.82) is 0 Å². The van der Waals surface area contributed by atoms with Crippen LogP contribution in [0.2, 0.25) is 0 Å². The van der Waals surface area contributed by atoms with Crippen LogP contribution in [0.1, 0.15) is 33.6 Å². The highest BCUT2D eigenvalue weighted by molar-refractivity contribution is 7.80. The zero-order valence-corrected chi connectivity index (χ0v) is 12.9. The Labute approximate surface area is 121 Å². The fraction of sp³-hybridized carbons (Fsp3) is 1.00. The molecule has 1 aliphatic heterocycles. The number of thiol groups is 1. The molecule has 0 aliphatic carbocycles. The Bertz CT molecular complexity index is 215. The first-order chi connectivity index (χ1) is 9.11. The Morgan fingerprint density at radius 3 is 2.32 bits per heavy atom.